The molecule has 2 aromatic heterocycles. The minimum absolute atomic E-state index is 0.0745. The fourth-order valence-electron chi connectivity index (χ4n) is 3.13. The van der Waals surface area contributed by atoms with E-state index in [4.69, 9.17) is 4.98 Å². The van der Waals surface area contributed by atoms with E-state index < -0.39 is 0 Å². The summed E-state index contributed by atoms with van der Waals surface area (Å²) in [6.07, 6.45) is 8.58. The van der Waals surface area contributed by atoms with Gasteiger partial charge in [-0.15, -0.1) is 0 Å². The predicted molar refractivity (Wildman–Crippen MR) is 104 cm³/mol. The zero-order valence-electron chi connectivity index (χ0n) is 15.3. The second-order valence-corrected chi connectivity index (χ2v) is 6.48. The van der Waals surface area contributed by atoms with E-state index in [1.54, 1.807) is 24.5 Å². The number of para-hydroxylation sites is 2. The molecule has 0 atom stereocenters. The summed E-state index contributed by atoms with van der Waals surface area (Å²) in [5.41, 5.74) is 2.86. The van der Waals surface area contributed by atoms with Crippen molar-refractivity contribution in [1.29, 1.82) is 0 Å². The first-order valence-corrected chi connectivity index (χ1v) is 9.42. The monoisotopic (exact) mass is 350 g/mol. The average molecular weight is 350 g/mol. The number of carbonyl (C=O) groups is 1. The highest BCUT2D eigenvalue weighted by Crippen LogP contribution is 2.18. The first-order valence-electron chi connectivity index (χ1n) is 9.42. The quantitative estimate of drug-likeness (QED) is 0.594. The number of hydrogen-bond acceptors (Lipinski definition) is 3. The van der Waals surface area contributed by atoms with Crippen molar-refractivity contribution in [2.45, 2.75) is 45.6 Å². The molecule has 0 fully saturated rings. The normalized spacial score (nSPS) is 11.0. The molecule has 1 N–H and O–H groups in total. The third-order valence-electron chi connectivity index (χ3n) is 4.51. The highest BCUT2D eigenvalue weighted by Gasteiger charge is 2.10. The van der Waals surface area contributed by atoms with Gasteiger partial charge in [-0.25, -0.2) is 4.98 Å². The Labute approximate surface area is 154 Å². The molecule has 0 unspecified atom stereocenters. The van der Waals surface area contributed by atoms with Crippen LogP contribution in [0.3, 0.4) is 0 Å². The molecular weight excluding hydrogens is 324 g/mol. The zero-order chi connectivity index (χ0) is 18.2. The Hall–Kier alpha value is -2.69. The van der Waals surface area contributed by atoms with E-state index in [1.807, 2.05) is 6.07 Å². The lowest BCUT2D eigenvalue weighted by molar-refractivity contribution is 0.0953. The summed E-state index contributed by atoms with van der Waals surface area (Å²) in [7, 11) is 0. The Kier molecular flexibility index (Phi) is 6.36. The molecular formula is C21H26N4O. The number of aryl methyl sites for hydroxylation is 2. The number of nitrogens with one attached hydrogen (secondary N) is 1. The first kappa shape index (κ1) is 18.1. The molecule has 3 rings (SSSR count). The first-order chi connectivity index (χ1) is 12.8. The van der Waals surface area contributed by atoms with Crippen molar-refractivity contribution in [3.05, 3.63) is 60.2 Å². The number of amides is 1. The van der Waals surface area contributed by atoms with Crippen molar-refractivity contribution in [2.75, 3.05) is 6.54 Å². The Morgan fingerprint density at radius 2 is 2.00 bits per heavy atom. The van der Waals surface area contributed by atoms with Gasteiger partial charge in [0.25, 0.3) is 5.91 Å². The number of carbonyl (C=O) groups excluding carboxylic acids is 1. The summed E-state index contributed by atoms with van der Waals surface area (Å²) < 4.78 is 2.34. The van der Waals surface area contributed by atoms with E-state index in [2.05, 4.69) is 40.0 Å². The third kappa shape index (κ3) is 4.48. The molecule has 0 saturated carbocycles. The second kappa shape index (κ2) is 9.13. The molecule has 5 nitrogen and oxygen atoms in total. The van der Waals surface area contributed by atoms with Crippen LogP contribution in [0.25, 0.3) is 11.0 Å². The van der Waals surface area contributed by atoms with Crippen molar-refractivity contribution in [2.24, 2.45) is 0 Å². The highest BCUT2D eigenvalue weighted by atomic mass is 16.1. The van der Waals surface area contributed by atoms with Gasteiger partial charge in [0.05, 0.1) is 16.6 Å². The van der Waals surface area contributed by atoms with Crippen molar-refractivity contribution in [1.82, 2.24) is 19.9 Å². The Morgan fingerprint density at radius 3 is 2.81 bits per heavy atom. The SMILES string of the molecule is CCCCCn1c(CCCNC(=O)c2cccnc2)nc2ccccc21. The standard InChI is InChI=1S/C21H26N4O/c1-2-3-6-15-25-19-11-5-4-10-18(19)24-20(25)12-8-14-23-21(26)17-9-7-13-22-16-17/h4-5,7,9-11,13,16H,2-3,6,8,12,14-15H2,1H3,(H,23,26). The molecule has 3 aromatic rings. The lowest BCUT2D eigenvalue weighted by Crippen LogP contribution is -2.25. The molecule has 1 amide bonds. The fourth-order valence-corrected chi connectivity index (χ4v) is 3.13. The number of imidazole rings is 1. The van der Waals surface area contributed by atoms with Gasteiger partial charge < -0.3 is 9.88 Å². The summed E-state index contributed by atoms with van der Waals surface area (Å²) in [5, 5.41) is 2.96. The maximum absolute atomic E-state index is 12.1. The van der Waals surface area contributed by atoms with Crippen LogP contribution >= 0.6 is 0 Å². The molecule has 0 aliphatic heterocycles. The predicted octanol–water partition coefficient (Wildman–Crippen LogP) is 3.98. The average Bonchev–Trinajstić information content (AvgIpc) is 3.03. The number of unbranched alkanes of at least 4 members (excludes halogenated alkanes) is 2. The number of pyridine rings is 1. The van der Waals surface area contributed by atoms with Crippen LogP contribution in [0.1, 0.15) is 48.8 Å². The Bertz CT molecular complexity index is 842. The number of fused-ring (bicyclic) bond motifs is 1. The van der Waals surface area contributed by atoms with E-state index in [0.717, 1.165) is 30.7 Å². The van der Waals surface area contributed by atoms with Gasteiger partial charge in [-0.2, -0.15) is 0 Å². The van der Waals surface area contributed by atoms with Gasteiger partial charge in [-0.05, 0) is 37.1 Å². The maximum atomic E-state index is 12.1. The summed E-state index contributed by atoms with van der Waals surface area (Å²) in [6.45, 7) is 3.86. The summed E-state index contributed by atoms with van der Waals surface area (Å²) >= 11 is 0. The number of rotatable bonds is 9. The van der Waals surface area contributed by atoms with Crippen LogP contribution in [0.5, 0.6) is 0 Å². The van der Waals surface area contributed by atoms with Crippen LogP contribution in [-0.2, 0) is 13.0 Å². The van der Waals surface area contributed by atoms with Crippen molar-refractivity contribution < 1.29 is 4.79 Å². The topological polar surface area (TPSA) is 59.8 Å². The van der Waals surface area contributed by atoms with Gasteiger partial charge in [-0.1, -0.05) is 31.9 Å². The Morgan fingerprint density at radius 1 is 1.12 bits per heavy atom. The molecule has 26 heavy (non-hydrogen) atoms. The number of hydrogen-bond donors (Lipinski definition) is 1. The second-order valence-electron chi connectivity index (χ2n) is 6.48. The molecule has 136 valence electrons. The van der Waals surface area contributed by atoms with E-state index in [-0.39, 0.29) is 5.91 Å². The summed E-state index contributed by atoms with van der Waals surface area (Å²) in [6, 6.07) is 11.9. The molecule has 0 bridgehead atoms. The van der Waals surface area contributed by atoms with E-state index in [0.29, 0.717) is 12.1 Å². The molecule has 0 saturated heterocycles. The lowest BCUT2D eigenvalue weighted by Gasteiger charge is -2.09. The van der Waals surface area contributed by atoms with Gasteiger partial charge in [0.1, 0.15) is 5.82 Å². The van der Waals surface area contributed by atoms with Crippen LogP contribution in [0.4, 0.5) is 0 Å². The maximum Gasteiger partial charge on any atom is 0.252 e. The van der Waals surface area contributed by atoms with Crippen LogP contribution in [0.2, 0.25) is 0 Å². The van der Waals surface area contributed by atoms with Crippen molar-refractivity contribution >= 4 is 16.9 Å². The van der Waals surface area contributed by atoms with Crippen molar-refractivity contribution in [3.63, 3.8) is 0 Å². The molecule has 0 radical (unpaired) electrons. The molecule has 0 aliphatic rings. The van der Waals surface area contributed by atoms with Crippen LogP contribution in [-0.4, -0.2) is 27.0 Å². The number of benzene rings is 1. The summed E-state index contributed by atoms with van der Waals surface area (Å²) in [5.74, 6) is 1.03. The van der Waals surface area contributed by atoms with E-state index >= 15 is 0 Å². The van der Waals surface area contributed by atoms with E-state index in [1.165, 1.54) is 24.8 Å². The van der Waals surface area contributed by atoms with Crippen LogP contribution < -0.4 is 5.32 Å². The van der Waals surface area contributed by atoms with Gasteiger partial charge in [-0.3, -0.25) is 9.78 Å². The van der Waals surface area contributed by atoms with Crippen molar-refractivity contribution in [3.8, 4) is 0 Å². The fraction of sp³-hybridized carbons (Fsp3) is 0.381. The molecule has 0 aliphatic carbocycles. The van der Waals surface area contributed by atoms with Gasteiger partial charge in [0, 0.05) is 31.9 Å². The number of aromatic nitrogens is 3. The smallest absolute Gasteiger partial charge is 0.252 e. The molecule has 2 heterocycles. The van der Waals surface area contributed by atoms with Gasteiger partial charge in [0.2, 0.25) is 0 Å². The zero-order valence-corrected chi connectivity index (χ0v) is 15.3. The third-order valence-corrected chi connectivity index (χ3v) is 4.51. The largest absolute Gasteiger partial charge is 0.352 e. The number of nitrogens with zero attached hydrogens (tertiary/aromatic N) is 3. The van der Waals surface area contributed by atoms with E-state index in [9.17, 15) is 4.79 Å². The van der Waals surface area contributed by atoms with Gasteiger partial charge >= 0.3 is 0 Å². The highest BCUT2D eigenvalue weighted by molar-refractivity contribution is 5.93. The van der Waals surface area contributed by atoms with Crippen LogP contribution in [0, 0.1) is 0 Å². The lowest BCUT2D eigenvalue weighted by atomic mass is 10.2. The minimum atomic E-state index is -0.0745. The summed E-state index contributed by atoms with van der Waals surface area (Å²) in [4.78, 5) is 20.9. The molecule has 1 aromatic carbocycles. The minimum Gasteiger partial charge on any atom is -0.352 e. The molecule has 0 spiro atoms. The van der Waals surface area contributed by atoms with Gasteiger partial charge in [0.15, 0.2) is 0 Å². The van der Waals surface area contributed by atoms with Crippen LogP contribution in [0.15, 0.2) is 48.8 Å². The Balaban J connectivity index is 1.59. The molecule has 5 heteroatoms.